The first kappa shape index (κ1) is 12.9. The Hall–Kier alpha value is -1.56. The van der Waals surface area contributed by atoms with Gasteiger partial charge in [0, 0.05) is 25.8 Å². The Kier molecular flexibility index (Phi) is 3.56. The van der Waals surface area contributed by atoms with Crippen LogP contribution in [0.4, 0.5) is 13.2 Å². The van der Waals surface area contributed by atoms with Crippen LogP contribution < -0.4 is 0 Å². The highest BCUT2D eigenvalue weighted by Crippen LogP contribution is 2.18. The second-order valence-corrected chi connectivity index (χ2v) is 4.15. The van der Waals surface area contributed by atoms with Crippen molar-refractivity contribution in [2.24, 2.45) is 0 Å². The Morgan fingerprint density at radius 2 is 1.94 bits per heavy atom. The first-order valence-electron chi connectivity index (χ1n) is 5.49. The van der Waals surface area contributed by atoms with Crippen LogP contribution in [0.5, 0.6) is 0 Å². The van der Waals surface area contributed by atoms with Crippen molar-refractivity contribution in [3.05, 3.63) is 35.1 Å². The number of nitrogens with zero attached hydrogens (tertiary/aromatic N) is 1. The number of amides is 1. The lowest BCUT2D eigenvalue weighted by molar-refractivity contribution is 0.0723. The molecule has 98 valence electrons. The Balaban J connectivity index is 2.19. The lowest BCUT2D eigenvalue weighted by Gasteiger charge is -2.16. The van der Waals surface area contributed by atoms with Crippen molar-refractivity contribution in [3.8, 4) is 0 Å². The zero-order valence-electron chi connectivity index (χ0n) is 9.75. The molecule has 0 saturated carbocycles. The number of hydrogen-bond acceptors (Lipinski definition) is 2. The second kappa shape index (κ2) is 4.97. The van der Waals surface area contributed by atoms with Crippen molar-refractivity contribution in [1.29, 1.82) is 0 Å². The molecule has 3 nitrogen and oxygen atoms in total. The Labute approximate surface area is 102 Å². The number of rotatable bonds is 2. The van der Waals surface area contributed by atoms with E-state index in [1.54, 1.807) is 0 Å². The van der Waals surface area contributed by atoms with Gasteiger partial charge in [0.1, 0.15) is 0 Å². The number of methoxy groups -OCH3 is 1. The summed E-state index contributed by atoms with van der Waals surface area (Å²) in [6.45, 7) is 0.827. The first-order valence-corrected chi connectivity index (χ1v) is 5.49. The van der Waals surface area contributed by atoms with Crippen molar-refractivity contribution >= 4 is 5.91 Å². The van der Waals surface area contributed by atoms with E-state index in [4.69, 9.17) is 4.74 Å². The average Bonchev–Trinajstić information content (AvgIpc) is 2.83. The first-order chi connectivity index (χ1) is 8.52. The normalized spacial score (nSPS) is 19.3. The van der Waals surface area contributed by atoms with Crippen LogP contribution >= 0.6 is 0 Å². The topological polar surface area (TPSA) is 29.5 Å². The van der Waals surface area contributed by atoms with E-state index in [-0.39, 0.29) is 11.7 Å². The number of carbonyl (C=O) groups is 1. The minimum Gasteiger partial charge on any atom is -0.380 e. The van der Waals surface area contributed by atoms with Crippen LogP contribution in [0, 0.1) is 17.5 Å². The molecule has 0 bridgehead atoms. The maximum absolute atomic E-state index is 13.0. The van der Waals surface area contributed by atoms with Crippen LogP contribution in [-0.2, 0) is 4.74 Å². The van der Waals surface area contributed by atoms with Gasteiger partial charge in [0.2, 0.25) is 0 Å². The fourth-order valence-corrected chi connectivity index (χ4v) is 1.97. The molecular weight excluding hydrogens is 247 g/mol. The largest absolute Gasteiger partial charge is 0.380 e. The molecular formula is C12H12F3NO2. The summed E-state index contributed by atoms with van der Waals surface area (Å²) in [4.78, 5) is 13.4. The molecule has 1 aliphatic rings. The Morgan fingerprint density at radius 3 is 2.44 bits per heavy atom. The van der Waals surface area contributed by atoms with E-state index in [0.29, 0.717) is 31.6 Å². The molecule has 1 aliphatic heterocycles. The van der Waals surface area contributed by atoms with E-state index in [0.717, 1.165) is 0 Å². The van der Waals surface area contributed by atoms with E-state index in [1.807, 2.05) is 0 Å². The molecule has 1 saturated heterocycles. The predicted octanol–water partition coefficient (Wildman–Crippen LogP) is 1.96. The smallest absolute Gasteiger partial charge is 0.254 e. The zero-order chi connectivity index (χ0) is 13.3. The summed E-state index contributed by atoms with van der Waals surface area (Å²) in [6, 6.07) is 1.42. The zero-order valence-corrected chi connectivity index (χ0v) is 9.75. The molecule has 18 heavy (non-hydrogen) atoms. The summed E-state index contributed by atoms with van der Waals surface area (Å²) in [6.07, 6.45) is 0.609. The van der Waals surface area contributed by atoms with E-state index in [1.165, 1.54) is 12.0 Å². The third kappa shape index (κ3) is 2.33. The number of hydrogen-bond donors (Lipinski definition) is 0. The Morgan fingerprint density at radius 1 is 1.33 bits per heavy atom. The molecule has 2 rings (SSSR count). The van der Waals surface area contributed by atoms with Gasteiger partial charge in [-0.05, 0) is 18.6 Å². The van der Waals surface area contributed by atoms with Gasteiger partial charge in [-0.2, -0.15) is 0 Å². The number of halogens is 3. The quantitative estimate of drug-likeness (QED) is 0.760. The fourth-order valence-electron chi connectivity index (χ4n) is 1.97. The number of ether oxygens (including phenoxy) is 1. The van der Waals surface area contributed by atoms with E-state index in [9.17, 15) is 18.0 Å². The average molecular weight is 259 g/mol. The van der Waals surface area contributed by atoms with Gasteiger partial charge in [0.05, 0.1) is 6.10 Å². The second-order valence-electron chi connectivity index (χ2n) is 4.15. The molecule has 1 fully saturated rings. The summed E-state index contributed by atoms with van der Waals surface area (Å²) in [5.41, 5.74) is -0.192. The summed E-state index contributed by atoms with van der Waals surface area (Å²) in [5, 5.41) is 0. The van der Waals surface area contributed by atoms with Crippen molar-refractivity contribution in [1.82, 2.24) is 4.90 Å². The minimum absolute atomic E-state index is 0.0657. The molecule has 1 atom stereocenters. The van der Waals surface area contributed by atoms with Gasteiger partial charge < -0.3 is 9.64 Å². The molecule has 1 heterocycles. The lowest BCUT2D eigenvalue weighted by Crippen LogP contribution is -2.30. The number of carbonyl (C=O) groups excluding carboxylic acids is 1. The van der Waals surface area contributed by atoms with Gasteiger partial charge in [-0.25, -0.2) is 13.2 Å². The third-order valence-electron chi connectivity index (χ3n) is 3.00. The third-order valence-corrected chi connectivity index (χ3v) is 3.00. The van der Waals surface area contributed by atoms with Crippen LogP contribution in [0.3, 0.4) is 0 Å². The van der Waals surface area contributed by atoms with Gasteiger partial charge >= 0.3 is 0 Å². The van der Waals surface area contributed by atoms with Gasteiger partial charge in [0.25, 0.3) is 5.91 Å². The summed E-state index contributed by atoms with van der Waals surface area (Å²) < 4.78 is 43.9. The van der Waals surface area contributed by atoms with Crippen molar-refractivity contribution in [3.63, 3.8) is 0 Å². The van der Waals surface area contributed by atoms with Gasteiger partial charge in [-0.1, -0.05) is 0 Å². The maximum atomic E-state index is 13.0. The van der Waals surface area contributed by atoms with E-state index < -0.39 is 23.4 Å². The van der Waals surface area contributed by atoms with Crippen molar-refractivity contribution < 1.29 is 22.7 Å². The molecule has 0 N–H and O–H groups in total. The highest BCUT2D eigenvalue weighted by atomic mass is 19.2. The van der Waals surface area contributed by atoms with Gasteiger partial charge in [0.15, 0.2) is 17.5 Å². The van der Waals surface area contributed by atoms with Crippen molar-refractivity contribution in [2.75, 3.05) is 20.2 Å². The molecule has 0 aliphatic carbocycles. The lowest BCUT2D eigenvalue weighted by atomic mass is 10.2. The summed E-state index contributed by atoms with van der Waals surface area (Å²) >= 11 is 0. The van der Waals surface area contributed by atoms with E-state index >= 15 is 0 Å². The summed E-state index contributed by atoms with van der Waals surface area (Å²) in [7, 11) is 1.54. The van der Waals surface area contributed by atoms with Gasteiger partial charge in [-0.3, -0.25) is 4.79 Å². The Bertz CT molecular complexity index is 455. The fraction of sp³-hybridized carbons (Fsp3) is 0.417. The standard InChI is InChI=1S/C12H12F3NO2/c1-18-8-2-3-16(6-8)12(17)7-4-9(13)11(15)10(14)5-7/h4-5,8H,2-3,6H2,1H3. The van der Waals surface area contributed by atoms with Gasteiger partial charge in [-0.15, -0.1) is 0 Å². The maximum Gasteiger partial charge on any atom is 0.254 e. The predicted molar refractivity (Wildman–Crippen MR) is 57.6 cm³/mol. The molecule has 1 aromatic carbocycles. The molecule has 1 amide bonds. The monoisotopic (exact) mass is 259 g/mol. The van der Waals surface area contributed by atoms with E-state index in [2.05, 4.69) is 0 Å². The minimum atomic E-state index is -1.57. The SMILES string of the molecule is COC1CCN(C(=O)c2cc(F)c(F)c(F)c2)C1. The molecule has 0 spiro atoms. The van der Waals surface area contributed by atoms with Crippen LogP contribution in [0.25, 0.3) is 0 Å². The molecule has 0 radical (unpaired) electrons. The van der Waals surface area contributed by atoms with Crippen LogP contribution in [0.2, 0.25) is 0 Å². The van der Waals surface area contributed by atoms with Crippen molar-refractivity contribution in [2.45, 2.75) is 12.5 Å². The summed E-state index contributed by atoms with van der Waals surface area (Å²) in [5.74, 6) is -4.81. The van der Waals surface area contributed by atoms with Crippen LogP contribution in [0.1, 0.15) is 16.8 Å². The molecule has 1 unspecified atom stereocenters. The molecule has 6 heteroatoms. The van der Waals surface area contributed by atoms with Crippen LogP contribution in [-0.4, -0.2) is 37.1 Å². The van der Waals surface area contributed by atoms with Crippen LogP contribution in [0.15, 0.2) is 12.1 Å². The molecule has 1 aromatic rings. The molecule has 0 aromatic heterocycles. The highest BCUT2D eigenvalue weighted by Gasteiger charge is 2.27. The highest BCUT2D eigenvalue weighted by molar-refractivity contribution is 5.94. The number of likely N-dealkylation sites (tertiary alicyclic amines) is 1. The number of benzene rings is 1.